The molecule has 31 heavy (non-hydrogen) atoms. The Labute approximate surface area is 184 Å². The van der Waals surface area contributed by atoms with Crippen LogP contribution in [-0.4, -0.2) is 68.3 Å². The predicted molar refractivity (Wildman–Crippen MR) is 117 cm³/mol. The largest absolute Gasteiger partial charge is 0.482 e. The van der Waals surface area contributed by atoms with Crippen LogP contribution in [0.4, 0.5) is 5.69 Å². The molecule has 0 bridgehead atoms. The molecule has 1 aromatic carbocycles. The van der Waals surface area contributed by atoms with Crippen molar-refractivity contribution in [3.05, 3.63) is 18.2 Å². The molecule has 8 nitrogen and oxygen atoms in total. The van der Waals surface area contributed by atoms with Crippen LogP contribution >= 0.6 is 0 Å². The number of anilines is 1. The van der Waals surface area contributed by atoms with Crippen molar-refractivity contribution in [1.29, 1.82) is 0 Å². The first kappa shape index (κ1) is 22.1. The number of hydrogen-bond acceptors (Lipinski definition) is 5. The Kier molecular flexibility index (Phi) is 6.52. The second kappa shape index (κ2) is 9.16. The first-order valence-electron chi connectivity index (χ1n) is 11.2. The Bertz CT molecular complexity index is 940. The minimum atomic E-state index is -3.67. The van der Waals surface area contributed by atoms with Gasteiger partial charge in [0.15, 0.2) is 6.61 Å². The Morgan fingerprint density at radius 1 is 1.06 bits per heavy atom. The SMILES string of the molecule is C[C@H]1CCCCN1C(=O)CN1C(=O)COc2ccc(S(=O)(=O)N3CCCCCC3)cc21. The highest BCUT2D eigenvalue weighted by molar-refractivity contribution is 7.89. The molecule has 0 unspecified atom stereocenters. The number of likely N-dealkylation sites (tertiary alicyclic amines) is 1. The number of fused-ring (bicyclic) bond motifs is 1. The quantitative estimate of drug-likeness (QED) is 0.704. The van der Waals surface area contributed by atoms with E-state index in [9.17, 15) is 18.0 Å². The van der Waals surface area contributed by atoms with Crippen LogP contribution in [0, 0.1) is 0 Å². The molecule has 0 saturated carbocycles. The highest BCUT2D eigenvalue weighted by Gasteiger charge is 2.33. The molecule has 0 radical (unpaired) electrons. The maximum atomic E-state index is 13.2. The lowest BCUT2D eigenvalue weighted by atomic mass is 10.0. The van der Waals surface area contributed by atoms with E-state index < -0.39 is 10.0 Å². The third-order valence-corrected chi connectivity index (χ3v) is 8.39. The molecule has 0 N–H and O–H groups in total. The Morgan fingerprint density at radius 3 is 2.48 bits per heavy atom. The van der Waals surface area contributed by atoms with E-state index in [0.29, 0.717) is 31.1 Å². The predicted octanol–water partition coefficient (Wildman–Crippen LogP) is 2.38. The minimum absolute atomic E-state index is 0.104. The van der Waals surface area contributed by atoms with Crippen LogP contribution in [0.2, 0.25) is 0 Å². The summed E-state index contributed by atoms with van der Waals surface area (Å²) >= 11 is 0. The van der Waals surface area contributed by atoms with Crippen molar-refractivity contribution in [3.63, 3.8) is 0 Å². The number of nitrogens with zero attached hydrogens (tertiary/aromatic N) is 3. The van der Waals surface area contributed by atoms with E-state index in [-0.39, 0.29) is 35.9 Å². The van der Waals surface area contributed by atoms with Crippen LogP contribution in [0.25, 0.3) is 0 Å². The number of benzene rings is 1. The van der Waals surface area contributed by atoms with Gasteiger partial charge in [0, 0.05) is 25.7 Å². The van der Waals surface area contributed by atoms with E-state index in [4.69, 9.17) is 4.74 Å². The Hall–Kier alpha value is -2.13. The molecular formula is C22H31N3O5S. The summed E-state index contributed by atoms with van der Waals surface area (Å²) in [7, 11) is -3.67. The molecule has 1 aromatic rings. The van der Waals surface area contributed by atoms with E-state index in [2.05, 4.69) is 0 Å². The summed E-state index contributed by atoms with van der Waals surface area (Å²) in [4.78, 5) is 28.9. The normalized spacial score (nSPS) is 23.1. The second-order valence-electron chi connectivity index (χ2n) is 8.65. The molecule has 4 rings (SSSR count). The molecule has 2 saturated heterocycles. The molecule has 0 aromatic heterocycles. The van der Waals surface area contributed by atoms with Crippen molar-refractivity contribution in [2.45, 2.75) is 62.8 Å². The summed E-state index contributed by atoms with van der Waals surface area (Å²) in [6, 6.07) is 4.75. The van der Waals surface area contributed by atoms with Crippen molar-refractivity contribution in [3.8, 4) is 5.75 Å². The van der Waals surface area contributed by atoms with Crippen LogP contribution in [0.3, 0.4) is 0 Å². The molecule has 2 amide bonds. The van der Waals surface area contributed by atoms with E-state index in [0.717, 1.165) is 44.9 Å². The van der Waals surface area contributed by atoms with Crippen LogP contribution in [0.5, 0.6) is 5.75 Å². The molecule has 3 aliphatic rings. The lowest BCUT2D eigenvalue weighted by Gasteiger charge is -2.36. The number of ether oxygens (including phenoxy) is 1. The van der Waals surface area contributed by atoms with Gasteiger partial charge in [0.25, 0.3) is 5.91 Å². The number of carbonyl (C=O) groups excluding carboxylic acids is 2. The average Bonchev–Trinajstić information content (AvgIpc) is 3.06. The third-order valence-electron chi connectivity index (χ3n) is 6.49. The maximum absolute atomic E-state index is 13.2. The number of piperidine rings is 1. The van der Waals surface area contributed by atoms with Gasteiger partial charge in [-0.15, -0.1) is 0 Å². The van der Waals surface area contributed by atoms with Crippen molar-refractivity contribution < 1.29 is 22.7 Å². The van der Waals surface area contributed by atoms with E-state index >= 15 is 0 Å². The van der Waals surface area contributed by atoms with Gasteiger partial charge in [-0.25, -0.2) is 8.42 Å². The zero-order valence-corrected chi connectivity index (χ0v) is 18.9. The highest BCUT2D eigenvalue weighted by atomic mass is 32.2. The summed E-state index contributed by atoms with van der Waals surface area (Å²) in [5, 5.41) is 0. The van der Waals surface area contributed by atoms with Gasteiger partial charge in [0.2, 0.25) is 15.9 Å². The standard InChI is InChI=1S/C22H31N3O5S/c1-17-8-4-7-13-24(17)21(26)15-25-19-14-18(9-10-20(19)30-16-22(25)27)31(28,29)23-11-5-2-3-6-12-23/h9-10,14,17H,2-8,11-13,15-16H2,1H3/t17-/m0/s1. The Morgan fingerprint density at radius 2 is 1.77 bits per heavy atom. The molecule has 2 fully saturated rings. The van der Waals surface area contributed by atoms with Gasteiger partial charge >= 0.3 is 0 Å². The average molecular weight is 450 g/mol. The lowest BCUT2D eigenvalue weighted by molar-refractivity contribution is -0.134. The zero-order chi connectivity index (χ0) is 22.0. The van der Waals surface area contributed by atoms with Gasteiger partial charge < -0.3 is 9.64 Å². The van der Waals surface area contributed by atoms with Crippen molar-refractivity contribution in [1.82, 2.24) is 9.21 Å². The molecular weight excluding hydrogens is 418 g/mol. The molecule has 1 atom stereocenters. The van der Waals surface area contributed by atoms with Crippen LogP contribution in [0.1, 0.15) is 51.9 Å². The fourth-order valence-corrected chi connectivity index (χ4v) is 6.18. The fourth-order valence-electron chi connectivity index (χ4n) is 4.64. The number of carbonyl (C=O) groups is 2. The van der Waals surface area contributed by atoms with Gasteiger partial charge in [-0.2, -0.15) is 4.31 Å². The second-order valence-corrected chi connectivity index (χ2v) is 10.6. The molecule has 170 valence electrons. The van der Waals surface area contributed by atoms with Gasteiger partial charge in [-0.05, 0) is 57.2 Å². The number of amides is 2. The fraction of sp³-hybridized carbons (Fsp3) is 0.636. The third kappa shape index (κ3) is 4.57. The lowest BCUT2D eigenvalue weighted by Crippen LogP contribution is -2.50. The molecule has 0 aliphatic carbocycles. The number of sulfonamides is 1. The molecule has 3 aliphatic heterocycles. The number of hydrogen-bond donors (Lipinski definition) is 0. The highest BCUT2D eigenvalue weighted by Crippen LogP contribution is 2.35. The van der Waals surface area contributed by atoms with E-state index in [1.165, 1.54) is 21.3 Å². The molecule has 9 heteroatoms. The summed E-state index contributed by atoms with van der Waals surface area (Å²) < 4.78 is 33.5. The summed E-state index contributed by atoms with van der Waals surface area (Å²) in [5.74, 6) is -0.0297. The zero-order valence-electron chi connectivity index (χ0n) is 18.1. The van der Waals surface area contributed by atoms with Crippen molar-refractivity contribution >= 4 is 27.5 Å². The molecule has 3 heterocycles. The smallest absolute Gasteiger partial charge is 0.265 e. The topological polar surface area (TPSA) is 87.2 Å². The van der Waals surface area contributed by atoms with Crippen LogP contribution < -0.4 is 9.64 Å². The van der Waals surface area contributed by atoms with Gasteiger partial charge in [-0.1, -0.05) is 12.8 Å². The maximum Gasteiger partial charge on any atom is 0.265 e. The summed E-state index contributed by atoms with van der Waals surface area (Å²) in [6.07, 6.45) is 6.77. The van der Waals surface area contributed by atoms with Crippen molar-refractivity contribution in [2.24, 2.45) is 0 Å². The monoisotopic (exact) mass is 449 g/mol. The Balaban J connectivity index is 1.61. The molecule has 0 spiro atoms. The summed E-state index contributed by atoms with van der Waals surface area (Å²) in [6.45, 7) is 3.46. The first-order chi connectivity index (χ1) is 14.9. The van der Waals surface area contributed by atoms with Gasteiger partial charge in [0.05, 0.1) is 10.6 Å². The minimum Gasteiger partial charge on any atom is -0.482 e. The van der Waals surface area contributed by atoms with E-state index in [1.807, 2.05) is 11.8 Å². The van der Waals surface area contributed by atoms with Crippen LogP contribution in [0.15, 0.2) is 23.1 Å². The van der Waals surface area contributed by atoms with E-state index in [1.54, 1.807) is 6.07 Å². The first-order valence-corrected chi connectivity index (χ1v) is 12.7. The van der Waals surface area contributed by atoms with Gasteiger partial charge in [0.1, 0.15) is 12.3 Å². The number of rotatable bonds is 4. The summed E-state index contributed by atoms with van der Waals surface area (Å²) in [5.41, 5.74) is 0.352. The van der Waals surface area contributed by atoms with Crippen LogP contribution in [-0.2, 0) is 19.6 Å². The van der Waals surface area contributed by atoms with Crippen molar-refractivity contribution in [2.75, 3.05) is 37.7 Å². The van der Waals surface area contributed by atoms with Gasteiger partial charge in [-0.3, -0.25) is 14.5 Å².